The van der Waals surface area contributed by atoms with Crippen LogP contribution in [-0.4, -0.2) is 24.4 Å². The number of carbonyl (C=O) groups is 3. The summed E-state index contributed by atoms with van der Waals surface area (Å²) in [6.07, 6.45) is 0. The minimum Gasteiger partial charge on any atom is -0.489 e. The van der Waals surface area contributed by atoms with Gasteiger partial charge in [-0.2, -0.15) is 0 Å². The molecule has 1 N–H and O–H groups in total. The lowest BCUT2D eigenvalue weighted by molar-refractivity contribution is -0.123. The van der Waals surface area contributed by atoms with E-state index >= 15 is 0 Å². The van der Waals surface area contributed by atoms with Crippen LogP contribution in [0.1, 0.15) is 25.6 Å². The van der Waals surface area contributed by atoms with Gasteiger partial charge < -0.3 is 9.47 Å². The average molecular weight is 395 g/mol. The Kier molecular flexibility index (Phi) is 6.54. The van der Waals surface area contributed by atoms with Crippen molar-refractivity contribution in [3.63, 3.8) is 0 Å². The van der Waals surface area contributed by atoms with Crippen molar-refractivity contribution in [3.05, 3.63) is 88.1 Å². The highest BCUT2D eigenvalue weighted by molar-refractivity contribution is 7.12. The average Bonchev–Trinajstić information content (AvgIpc) is 3.26. The van der Waals surface area contributed by atoms with Crippen molar-refractivity contribution in [2.45, 2.75) is 6.61 Å². The molecule has 0 aliphatic rings. The first-order valence-electron chi connectivity index (χ1n) is 8.43. The van der Waals surface area contributed by atoms with Crippen LogP contribution in [0.4, 0.5) is 0 Å². The zero-order valence-corrected chi connectivity index (χ0v) is 15.6. The summed E-state index contributed by atoms with van der Waals surface area (Å²) < 4.78 is 10.6. The van der Waals surface area contributed by atoms with Crippen LogP contribution in [0.25, 0.3) is 0 Å². The molecule has 0 spiro atoms. The van der Waals surface area contributed by atoms with Crippen LogP contribution in [0, 0.1) is 0 Å². The van der Waals surface area contributed by atoms with Crippen molar-refractivity contribution < 1.29 is 23.9 Å². The minimum atomic E-state index is -0.691. The normalized spacial score (nSPS) is 10.1. The first-order chi connectivity index (χ1) is 13.6. The van der Waals surface area contributed by atoms with E-state index < -0.39 is 24.4 Å². The lowest BCUT2D eigenvalue weighted by atomic mass is 10.2. The third-order valence-electron chi connectivity index (χ3n) is 3.65. The number of hydrogen-bond donors (Lipinski definition) is 1. The van der Waals surface area contributed by atoms with Crippen molar-refractivity contribution in [1.29, 1.82) is 0 Å². The van der Waals surface area contributed by atoms with Gasteiger partial charge in [0.15, 0.2) is 6.61 Å². The Morgan fingerprint density at radius 2 is 1.75 bits per heavy atom. The second-order valence-corrected chi connectivity index (χ2v) is 6.68. The summed E-state index contributed by atoms with van der Waals surface area (Å²) in [5, 5.41) is 3.90. The molecular weight excluding hydrogens is 378 g/mol. The van der Waals surface area contributed by atoms with Crippen LogP contribution in [0.5, 0.6) is 5.75 Å². The van der Waals surface area contributed by atoms with Gasteiger partial charge in [0.1, 0.15) is 12.4 Å². The van der Waals surface area contributed by atoms with Crippen molar-refractivity contribution in [1.82, 2.24) is 5.32 Å². The van der Waals surface area contributed by atoms with E-state index in [0.29, 0.717) is 17.2 Å². The van der Waals surface area contributed by atoms with E-state index in [1.165, 1.54) is 11.3 Å². The fourth-order valence-electron chi connectivity index (χ4n) is 2.30. The number of imide groups is 1. The largest absolute Gasteiger partial charge is 0.489 e. The fourth-order valence-corrected chi connectivity index (χ4v) is 2.92. The number of nitrogens with one attached hydrogen (secondary N) is 1. The number of ether oxygens (including phenoxy) is 2. The molecular formula is C21H17NO5S. The maximum Gasteiger partial charge on any atom is 0.338 e. The molecule has 0 bridgehead atoms. The van der Waals surface area contributed by atoms with Crippen LogP contribution in [0.3, 0.4) is 0 Å². The highest BCUT2D eigenvalue weighted by Gasteiger charge is 2.14. The molecule has 6 nitrogen and oxygen atoms in total. The highest BCUT2D eigenvalue weighted by atomic mass is 32.1. The minimum absolute atomic E-state index is 0.253. The molecule has 28 heavy (non-hydrogen) atoms. The molecule has 0 aliphatic heterocycles. The van der Waals surface area contributed by atoms with Crippen LogP contribution in [0.2, 0.25) is 0 Å². The quantitative estimate of drug-likeness (QED) is 0.620. The number of rotatable bonds is 7. The highest BCUT2D eigenvalue weighted by Crippen LogP contribution is 2.16. The fraction of sp³-hybridized carbons (Fsp3) is 0.0952. The number of thiophene rings is 1. The Morgan fingerprint density at radius 1 is 0.929 bits per heavy atom. The van der Waals surface area contributed by atoms with Crippen molar-refractivity contribution in [2.24, 2.45) is 0 Å². The zero-order chi connectivity index (χ0) is 19.8. The third-order valence-corrected chi connectivity index (χ3v) is 4.52. The summed E-state index contributed by atoms with van der Waals surface area (Å²) in [5.41, 5.74) is 1.26. The Bertz CT molecular complexity index is 954. The van der Waals surface area contributed by atoms with E-state index in [0.717, 1.165) is 5.56 Å². The van der Waals surface area contributed by atoms with E-state index in [2.05, 4.69) is 5.32 Å². The van der Waals surface area contributed by atoms with E-state index in [4.69, 9.17) is 9.47 Å². The molecule has 0 radical (unpaired) electrons. The molecule has 2 aromatic carbocycles. The lowest BCUT2D eigenvalue weighted by Crippen LogP contribution is -2.33. The molecule has 0 unspecified atom stereocenters. The Hall–Kier alpha value is -3.45. The van der Waals surface area contributed by atoms with Gasteiger partial charge in [-0.05, 0) is 35.2 Å². The van der Waals surface area contributed by atoms with Gasteiger partial charge in [0.2, 0.25) is 0 Å². The first kappa shape index (κ1) is 19.3. The molecule has 0 fully saturated rings. The molecule has 7 heteroatoms. The molecule has 0 saturated heterocycles. The number of benzene rings is 2. The van der Waals surface area contributed by atoms with Crippen LogP contribution in [-0.2, 0) is 16.1 Å². The van der Waals surface area contributed by atoms with E-state index in [1.54, 1.807) is 41.8 Å². The summed E-state index contributed by atoms with van der Waals surface area (Å²) in [4.78, 5) is 36.1. The Labute approximate surface area is 165 Å². The summed E-state index contributed by atoms with van der Waals surface area (Å²) in [6, 6.07) is 19.4. The van der Waals surface area contributed by atoms with E-state index in [-0.39, 0.29) is 5.56 Å². The van der Waals surface area contributed by atoms with E-state index in [9.17, 15) is 14.4 Å². The SMILES string of the molecule is O=C(COC(=O)c1cccc(OCc2ccccc2)c1)NC(=O)c1cccs1. The van der Waals surface area contributed by atoms with Gasteiger partial charge in [-0.1, -0.05) is 42.5 Å². The second-order valence-electron chi connectivity index (χ2n) is 5.73. The standard InChI is InChI=1S/C21H17NO5S/c23-19(22-20(24)18-10-5-11-28-18)14-27-21(25)16-8-4-9-17(12-16)26-13-15-6-2-1-3-7-15/h1-12H,13-14H2,(H,22,23,24). The molecule has 3 aromatic rings. The monoisotopic (exact) mass is 395 g/mol. The molecule has 0 aliphatic carbocycles. The number of hydrogen-bond acceptors (Lipinski definition) is 6. The Balaban J connectivity index is 1.50. The van der Waals surface area contributed by atoms with E-state index in [1.807, 2.05) is 30.3 Å². The Morgan fingerprint density at radius 3 is 2.50 bits per heavy atom. The smallest absolute Gasteiger partial charge is 0.338 e. The summed E-state index contributed by atoms with van der Waals surface area (Å²) in [7, 11) is 0. The van der Waals surface area contributed by atoms with Gasteiger partial charge >= 0.3 is 5.97 Å². The molecule has 142 valence electrons. The van der Waals surface area contributed by atoms with Crippen molar-refractivity contribution >= 4 is 29.1 Å². The summed E-state index contributed by atoms with van der Waals surface area (Å²) >= 11 is 1.21. The maximum absolute atomic E-state index is 12.1. The summed E-state index contributed by atoms with van der Waals surface area (Å²) in [5.74, 6) is -1.38. The predicted octanol–water partition coefficient (Wildman–Crippen LogP) is 3.44. The summed E-state index contributed by atoms with van der Waals surface area (Å²) in [6.45, 7) is -0.183. The topological polar surface area (TPSA) is 81.7 Å². The molecule has 2 amide bonds. The molecule has 0 saturated carbocycles. The van der Waals surface area contributed by atoms with Crippen molar-refractivity contribution in [3.8, 4) is 5.75 Å². The van der Waals surface area contributed by atoms with Crippen LogP contribution < -0.4 is 10.1 Å². The van der Waals surface area contributed by atoms with Gasteiger partial charge in [-0.15, -0.1) is 11.3 Å². The van der Waals surface area contributed by atoms with Gasteiger partial charge in [0.05, 0.1) is 10.4 Å². The van der Waals surface area contributed by atoms with Gasteiger partial charge in [0, 0.05) is 0 Å². The van der Waals surface area contributed by atoms with Gasteiger partial charge in [-0.3, -0.25) is 14.9 Å². The second kappa shape index (κ2) is 9.48. The number of amides is 2. The first-order valence-corrected chi connectivity index (χ1v) is 9.31. The van der Waals surface area contributed by atoms with Gasteiger partial charge in [-0.25, -0.2) is 4.79 Å². The maximum atomic E-state index is 12.1. The number of carbonyl (C=O) groups excluding carboxylic acids is 3. The zero-order valence-electron chi connectivity index (χ0n) is 14.8. The number of esters is 1. The predicted molar refractivity (Wildman–Crippen MR) is 104 cm³/mol. The molecule has 1 aromatic heterocycles. The van der Waals surface area contributed by atoms with Gasteiger partial charge in [0.25, 0.3) is 11.8 Å². The van der Waals surface area contributed by atoms with Crippen LogP contribution >= 0.6 is 11.3 Å². The molecule has 0 atom stereocenters. The lowest BCUT2D eigenvalue weighted by Gasteiger charge is -2.08. The van der Waals surface area contributed by atoms with Crippen molar-refractivity contribution in [2.75, 3.05) is 6.61 Å². The van der Waals surface area contributed by atoms with Crippen LogP contribution in [0.15, 0.2) is 72.1 Å². The molecule has 1 heterocycles. The molecule has 3 rings (SSSR count). The third kappa shape index (κ3) is 5.52.